The molecule has 0 saturated carbocycles. The van der Waals surface area contributed by atoms with Crippen LogP contribution in [0.3, 0.4) is 0 Å². The average molecular weight is 329 g/mol. The van der Waals surface area contributed by atoms with Crippen LogP contribution < -0.4 is 4.90 Å². The summed E-state index contributed by atoms with van der Waals surface area (Å²) in [6.45, 7) is 4.62. The van der Waals surface area contributed by atoms with Crippen molar-refractivity contribution in [3.05, 3.63) is 35.4 Å². The van der Waals surface area contributed by atoms with Crippen molar-refractivity contribution < 1.29 is 4.79 Å². The van der Waals surface area contributed by atoms with Gasteiger partial charge in [-0.2, -0.15) is 5.10 Å². The zero-order chi connectivity index (χ0) is 15.8. The van der Waals surface area contributed by atoms with E-state index >= 15 is 0 Å². The zero-order valence-corrected chi connectivity index (χ0v) is 13.4. The predicted octanol–water partition coefficient (Wildman–Crippen LogP) is 0.852. The van der Waals surface area contributed by atoms with Crippen LogP contribution >= 0.6 is 11.3 Å². The van der Waals surface area contributed by atoms with E-state index in [-0.39, 0.29) is 5.91 Å². The molecule has 1 aliphatic heterocycles. The Hall–Kier alpha value is -2.55. The first-order valence-corrected chi connectivity index (χ1v) is 8.16. The van der Waals surface area contributed by atoms with E-state index in [2.05, 4.69) is 25.0 Å². The minimum atomic E-state index is -0.0472. The van der Waals surface area contributed by atoms with Gasteiger partial charge in [-0.1, -0.05) is 11.3 Å². The van der Waals surface area contributed by atoms with Gasteiger partial charge in [-0.25, -0.2) is 19.5 Å². The fourth-order valence-electron chi connectivity index (χ4n) is 2.63. The first kappa shape index (κ1) is 14.1. The number of anilines is 1. The van der Waals surface area contributed by atoms with Crippen molar-refractivity contribution in [2.24, 2.45) is 0 Å². The normalized spacial score (nSPS) is 15.3. The maximum absolute atomic E-state index is 12.6. The first-order valence-electron chi connectivity index (χ1n) is 7.35. The van der Waals surface area contributed by atoms with Crippen LogP contribution in [0.2, 0.25) is 0 Å². The summed E-state index contributed by atoms with van der Waals surface area (Å²) >= 11 is 1.48. The molecule has 8 nitrogen and oxygen atoms in total. The molecule has 0 radical (unpaired) electrons. The number of aryl methyl sites for hydroxylation is 1. The number of aromatic nitrogens is 5. The Morgan fingerprint density at radius 3 is 2.61 bits per heavy atom. The topological polar surface area (TPSA) is 79.5 Å². The molecule has 0 atom stereocenters. The highest BCUT2D eigenvalue weighted by Crippen LogP contribution is 2.16. The second kappa shape index (κ2) is 5.58. The van der Waals surface area contributed by atoms with Crippen molar-refractivity contribution in [2.45, 2.75) is 6.92 Å². The molecule has 1 amide bonds. The lowest BCUT2D eigenvalue weighted by Crippen LogP contribution is -2.49. The molecule has 118 valence electrons. The van der Waals surface area contributed by atoms with E-state index in [0.29, 0.717) is 24.7 Å². The lowest BCUT2D eigenvalue weighted by molar-refractivity contribution is 0.0741. The number of nitrogens with zero attached hydrogens (tertiary/aromatic N) is 7. The third-order valence-electron chi connectivity index (χ3n) is 3.77. The van der Waals surface area contributed by atoms with Gasteiger partial charge in [-0.05, 0) is 13.0 Å². The van der Waals surface area contributed by atoms with Crippen LogP contribution in [0.4, 0.5) is 5.95 Å². The summed E-state index contributed by atoms with van der Waals surface area (Å²) in [5.41, 5.74) is 0.452. The Morgan fingerprint density at radius 1 is 1.17 bits per heavy atom. The summed E-state index contributed by atoms with van der Waals surface area (Å²) < 4.78 is 1.67. The maximum atomic E-state index is 12.6. The van der Waals surface area contributed by atoms with Crippen LogP contribution in [-0.2, 0) is 0 Å². The van der Waals surface area contributed by atoms with Crippen molar-refractivity contribution in [3.63, 3.8) is 0 Å². The van der Waals surface area contributed by atoms with Gasteiger partial charge in [0.15, 0.2) is 0 Å². The largest absolute Gasteiger partial charge is 0.337 e. The van der Waals surface area contributed by atoms with Crippen molar-refractivity contribution in [1.82, 2.24) is 29.5 Å². The molecule has 1 saturated heterocycles. The van der Waals surface area contributed by atoms with Gasteiger partial charge in [0.2, 0.25) is 10.9 Å². The van der Waals surface area contributed by atoms with Crippen LogP contribution in [0.25, 0.3) is 4.96 Å². The van der Waals surface area contributed by atoms with Crippen LogP contribution in [0.1, 0.15) is 15.5 Å². The fraction of sp³-hybridized carbons (Fsp3) is 0.357. The smallest absolute Gasteiger partial charge is 0.274 e. The third kappa shape index (κ3) is 2.63. The van der Waals surface area contributed by atoms with E-state index in [0.717, 1.165) is 23.1 Å². The molecule has 3 aromatic heterocycles. The zero-order valence-electron chi connectivity index (χ0n) is 12.6. The molecule has 0 aliphatic carbocycles. The molecule has 4 rings (SSSR count). The summed E-state index contributed by atoms with van der Waals surface area (Å²) in [6, 6.07) is 1.80. The number of fused-ring (bicyclic) bond motifs is 1. The van der Waals surface area contributed by atoms with Crippen molar-refractivity contribution >= 4 is 28.2 Å². The van der Waals surface area contributed by atoms with Crippen LogP contribution in [0.5, 0.6) is 0 Å². The van der Waals surface area contributed by atoms with E-state index in [1.807, 2.05) is 11.8 Å². The SMILES string of the molecule is Cc1nn2cc(C(=O)N3CCN(c4ncccn4)CC3)nc2s1. The minimum Gasteiger partial charge on any atom is -0.337 e. The van der Waals surface area contributed by atoms with Crippen LogP contribution in [0.15, 0.2) is 24.7 Å². The second-order valence-electron chi connectivity index (χ2n) is 5.30. The first-order chi connectivity index (χ1) is 11.2. The lowest BCUT2D eigenvalue weighted by Gasteiger charge is -2.34. The molecule has 0 bridgehead atoms. The minimum absolute atomic E-state index is 0.0472. The van der Waals surface area contributed by atoms with E-state index in [9.17, 15) is 4.79 Å². The summed E-state index contributed by atoms with van der Waals surface area (Å²) in [6.07, 6.45) is 5.16. The number of hydrogen-bond acceptors (Lipinski definition) is 7. The summed E-state index contributed by atoms with van der Waals surface area (Å²) in [5.74, 6) is 0.663. The molecular formula is C14H15N7OS. The summed E-state index contributed by atoms with van der Waals surface area (Å²) in [5, 5.41) is 5.22. The Kier molecular flexibility index (Phi) is 3.41. The van der Waals surface area contributed by atoms with Gasteiger partial charge in [0.1, 0.15) is 10.7 Å². The number of carbonyl (C=O) groups excluding carboxylic acids is 1. The molecule has 1 fully saturated rings. The van der Waals surface area contributed by atoms with Crippen molar-refractivity contribution in [1.29, 1.82) is 0 Å². The molecule has 0 N–H and O–H groups in total. The van der Waals surface area contributed by atoms with E-state index in [1.54, 1.807) is 29.2 Å². The van der Waals surface area contributed by atoms with Gasteiger partial charge < -0.3 is 9.80 Å². The van der Waals surface area contributed by atoms with Gasteiger partial charge >= 0.3 is 0 Å². The Bertz CT molecular complexity index is 804. The van der Waals surface area contributed by atoms with Gasteiger partial charge in [-0.3, -0.25) is 4.79 Å². The maximum Gasteiger partial charge on any atom is 0.274 e. The number of piperazine rings is 1. The van der Waals surface area contributed by atoms with E-state index < -0.39 is 0 Å². The van der Waals surface area contributed by atoms with Gasteiger partial charge in [0.25, 0.3) is 5.91 Å². The number of amides is 1. The monoisotopic (exact) mass is 329 g/mol. The lowest BCUT2D eigenvalue weighted by atomic mass is 10.3. The number of carbonyl (C=O) groups is 1. The molecule has 9 heteroatoms. The van der Waals surface area contributed by atoms with Gasteiger partial charge in [0, 0.05) is 38.6 Å². The Balaban J connectivity index is 1.45. The van der Waals surface area contributed by atoms with Crippen molar-refractivity contribution in [2.75, 3.05) is 31.1 Å². The average Bonchev–Trinajstić information content (AvgIpc) is 3.12. The predicted molar refractivity (Wildman–Crippen MR) is 85.7 cm³/mol. The highest BCUT2D eigenvalue weighted by molar-refractivity contribution is 7.16. The standard InChI is InChI=1S/C14H15N7OS/c1-10-18-21-9-11(17-14(21)23-10)12(22)19-5-7-20(8-6-19)13-15-3-2-4-16-13/h2-4,9H,5-8H2,1H3. The summed E-state index contributed by atoms with van der Waals surface area (Å²) in [4.78, 5) is 30.1. The molecule has 1 aliphatic rings. The Labute approximate surface area is 136 Å². The molecule has 0 aromatic carbocycles. The van der Waals surface area contributed by atoms with Crippen LogP contribution in [-0.4, -0.2) is 61.6 Å². The molecule has 4 heterocycles. The molecular weight excluding hydrogens is 314 g/mol. The van der Waals surface area contributed by atoms with Crippen LogP contribution in [0, 0.1) is 6.92 Å². The second-order valence-corrected chi connectivity index (χ2v) is 6.46. The van der Waals surface area contributed by atoms with Crippen molar-refractivity contribution in [3.8, 4) is 0 Å². The van der Waals surface area contributed by atoms with Gasteiger partial charge in [0.05, 0.1) is 6.20 Å². The third-order valence-corrected chi connectivity index (χ3v) is 4.60. The summed E-state index contributed by atoms with van der Waals surface area (Å²) in [7, 11) is 0. The van der Waals surface area contributed by atoms with Gasteiger partial charge in [-0.15, -0.1) is 0 Å². The number of imidazole rings is 1. The molecule has 0 unspecified atom stereocenters. The van der Waals surface area contributed by atoms with E-state index in [4.69, 9.17) is 0 Å². The molecule has 0 spiro atoms. The highest BCUT2D eigenvalue weighted by Gasteiger charge is 2.25. The quantitative estimate of drug-likeness (QED) is 0.693. The number of hydrogen-bond donors (Lipinski definition) is 0. The number of rotatable bonds is 2. The molecule has 3 aromatic rings. The molecule has 23 heavy (non-hydrogen) atoms. The fourth-order valence-corrected chi connectivity index (χ4v) is 3.35. The Morgan fingerprint density at radius 2 is 1.91 bits per heavy atom. The highest BCUT2D eigenvalue weighted by atomic mass is 32.1. The van der Waals surface area contributed by atoms with E-state index in [1.165, 1.54) is 11.3 Å².